The van der Waals surface area contributed by atoms with E-state index in [1.165, 1.54) is 6.92 Å². The summed E-state index contributed by atoms with van der Waals surface area (Å²) in [5, 5.41) is 10.7. The van der Waals surface area contributed by atoms with E-state index in [1.54, 1.807) is 0 Å². The molecular weight excluding hydrogens is 132 g/mol. The first-order chi connectivity index (χ1) is 4.61. The highest BCUT2D eigenvalue weighted by Crippen LogP contribution is 2.13. The largest absolute Gasteiger partial charge is 0.875 e. The molecule has 0 radical (unpaired) electrons. The van der Waals surface area contributed by atoms with Crippen LogP contribution in [-0.2, 0) is 9.59 Å². The average molecular weight is 139 g/mol. The smallest absolute Gasteiger partial charge is 0.165 e. The molecule has 0 aromatic rings. The Balaban J connectivity index is 2.95. The zero-order valence-electron chi connectivity index (χ0n) is 5.64. The van der Waals surface area contributed by atoms with Crippen LogP contribution in [0.4, 0.5) is 0 Å². The van der Waals surface area contributed by atoms with Crippen LogP contribution in [0.5, 0.6) is 0 Å². The van der Waals surface area contributed by atoms with Gasteiger partial charge in [-0.1, -0.05) is 0 Å². The number of hydrogen-bond acceptors (Lipinski definition) is 3. The Morgan fingerprint density at radius 3 is 2.40 bits per heavy atom. The molecule has 0 fully saturated rings. The molecule has 0 saturated carbocycles. The standard InChI is InChI=1S/C7H8O3/c1-4-6(9)2-5(8)3-7(4)10/h9H,2-3H2,1H3/p-1. The van der Waals surface area contributed by atoms with Crippen LogP contribution in [0.15, 0.2) is 11.3 Å². The Bertz CT molecular complexity index is 225. The lowest BCUT2D eigenvalue weighted by Gasteiger charge is -2.19. The molecule has 0 amide bonds. The Morgan fingerprint density at radius 1 is 1.30 bits per heavy atom. The van der Waals surface area contributed by atoms with Crippen molar-refractivity contribution >= 4 is 11.6 Å². The summed E-state index contributed by atoms with van der Waals surface area (Å²) in [4.78, 5) is 21.3. The van der Waals surface area contributed by atoms with Crippen molar-refractivity contribution in [2.45, 2.75) is 19.8 Å². The molecule has 1 aliphatic carbocycles. The summed E-state index contributed by atoms with van der Waals surface area (Å²) in [5.41, 5.74) is 0.222. The first-order valence-corrected chi connectivity index (χ1v) is 3.03. The molecule has 0 atom stereocenters. The highest BCUT2D eigenvalue weighted by atomic mass is 16.3. The minimum Gasteiger partial charge on any atom is -0.875 e. The van der Waals surface area contributed by atoms with Crippen molar-refractivity contribution in [3.05, 3.63) is 11.3 Å². The summed E-state index contributed by atoms with van der Waals surface area (Å²) in [6.07, 6.45) is -0.171. The molecule has 1 rings (SSSR count). The summed E-state index contributed by atoms with van der Waals surface area (Å²) in [7, 11) is 0. The minimum absolute atomic E-state index is 0.0857. The van der Waals surface area contributed by atoms with Gasteiger partial charge in [-0.3, -0.25) is 9.59 Å². The molecule has 0 aromatic heterocycles. The lowest BCUT2D eigenvalue weighted by atomic mass is 9.97. The van der Waals surface area contributed by atoms with Crippen LogP contribution < -0.4 is 5.11 Å². The molecule has 54 valence electrons. The lowest BCUT2D eigenvalue weighted by Crippen LogP contribution is -2.23. The summed E-state index contributed by atoms with van der Waals surface area (Å²) >= 11 is 0. The highest BCUT2D eigenvalue weighted by Gasteiger charge is 2.17. The topological polar surface area (TPSA) is 57.2 Å². The van der Waals surface area contributed by atoms with Gasteiger partial charge in [-0.25, -0.2) is 0 Å². The van der Waals surface area contributed by atoms with Crippen LogP contribution in [-0.4, -0.2) is 11.6 Å². The highest BCUT2D eigenvalue weighted by molar-refractivity contribution is 6.10. The van der Waals surface area contributed by atoms with E-state index >= 15 is 0 Å². The summed E-state index contributed by atoms with van der Waals surface area (Å²) < 4.78 is 0. The van der Waals surface area contributed by atoms with Crippen LogP contribution in [0.3, 0.4) is 0 Å². The van der Waals surface area contributed by atoms with Crippen LogP contribution in [0.2, 0.25) is 0 Å². The number of ketones is 2. The van der Waals surface area contributed by atoms with Gasteiger partial charge in [0.05, 0.1) is 6.42 Å². The molecule has 0 aliphatic heterocycles. The normalized spacial score (nSPS) is 20.1. The van der Waals surface area contributed by atoms with Crippen LogP contribution in [0.1, 0.15) is 19.8 Å². The van der Waals surface area contributed by atoms with Gasteiger partial charge in [-0.15, -0.1) is 5.76 Å². The number of Topliss-reactive ketones (excluding diaryl/α,β-unsaturated/α-hetero) is 2. The fourth-order valence-corrected chi connectivity index (χ4v) is 0.841. The van der Waals surface area contributed by atoms with Crippen LogP contribution in [0, 0.1) is 0 Å². The fraction of sp³-hybridized carbons (Fsp3) is 0.429. The predicted molar refractivity (Wildman–Crippen MR) is 31.9 cm³/mol. The Morgan fingerprint density at radius 2 is 1.90 bits per heavy atom. The molecule has 0 unspecified atom stereocenters. The second-order valence-electron chi connectivity index (χ2n) is 2.36. The van der Waals surface area contributed by atoms with E-state index < -0.39 is 0 Å². The van der Waals surface area contributed by atoms with Crippen molar-refractivity contribution in [3.63, 3.8) is 0 Å². The van der Waals surface area contributed by atoms with E-state index in [4.69, 9.17) is 0 Å². The first-order valence-electron chi connectivity index (χ1n) is 3.03. The van der Waals surface area contributed by atoms with Gasteiger partial charge in [0.25, 0.3) is 0 Å². The van der Waals surface area contributed by atoms with E-state index in [2.05, 4.69) is 0 Å². The molecule has 0 saturated heterocycles. The zero-order chi connectivity index (χ0) is 7.72. The summed E-state index contributed by atoms with van der Waals surface area (Å²) in [6.45, 7) is 1.47. The van der Waals surface area contributed by atoms with Crippen molar-refractivity contribution in [2.24, 2.45) is 0 Å². The second-order valence-corrected chi connectivity index (χ2v) is 2.36. The molecule has 0 spiro atoms. The molecule has 0 bridgehead atoms. The van der Waals surface area contributed by atoms with Crippen molar-refractivity contribution in [2.75, 3.05) is 0 Å². The average Bonchev–Trinajstić information content (AvgIpc) is 1.82. The van der Waals surface area contributed by atoms with Gasteiger partial charge >= 0.3 is 0 Å². The van der Waals surface area contributed by atoms with Crippen LogP contribution in [0.25, 0.3) is 0 Å². The van der Waals surface area contributed by atoms with Gasteiger partial charge in [0.2, 0.25) is 0 Å². The molecule has 3 nitrogen and oxygen atoms in total. The Hall–Kier alpha value is -1.12. The second kappa shape index (κ2) is 2.25. The number of carbonyl (C=O) groups is 2. The first kappa shape index (κ1) is 6.99. The van der Waals surface area contributed by atoms with E-state index in [-0.39, 0.29) is 35.7 Å². The Labute approximate surface area is 58.4 Å². The molecular formula is C7H7O3-. The monoisotopic (exact) mass is 139 g/mol. The molecule has 3 heteroatoms. The van der Waals surface area contributed by atoms with Gasteiger partial charge in [-0.2, -0.15) is 0 Å². The summed E-state index contributed by atoms with van der Waals surface area (Å²) in [5.74, 6) is -0.900. The SMILES string of the molecule is CC1=C([O-])CC(=O)CC1=O. The number of allylic oxidation sites excluding steroid dienone is 2. The number of hydrogen-bond donors (Lipinski definition) is 0. The van der Waals surface area contributed by atoms with E-state index in [9.17, 15) is 14.7 Å². The fourth-order valence-electron chi connectivity index (χ4n) is 0.841. The predicted octanol–water partition coefficient (Wildman–Crippen LogP) is -0.447. The number of rotatable bonds is 0. The number of carbonyl (C=O) groups excluding carboxylic acids is 2. The van der Waals surface area contributed by atoms with Gasteiger partial charge in [-0.05, 0) is 12.5 Å². The molecule has 0 N–H and O–H groups in total. The van der Waals surface area contributed by atoms with Crippen molar-refractivity contribution in [1.82, 2.24) is 0 Å². The third-order valence-corrected chi connectivity index (χ3v) is 1.55. The Kier molecular flexibility index (Phi) is 1.57. The molecule has 0 heterocycles. The third-order valence-electron chi connectivity index (χ3n) is 1.55. The van der Waals surface area contributed by atoms with Crippen molar-refractivity contribution < 1.29 is 14.7 Å². The van der Waals surface area contributed by atoms with Crippen LogP contribution >= 0.6 is 0 Å². The van der Waals surface area contributed by atoms with Gasteiger partial charge < -0.3 is 5.11 Å². The third kappa shape index (κ3) is 1.07. The van der Waals surface area contributed by atoms with Gasteiger partial charge in [0.1, 0.15) is 5.78 Å². The van der Waals surface area contributed by atoms with Crippen molar-refractivity contribution in [1.29, 1.82) is 0 Å². The van der Waals surface area contributed by atoms with E-state index in [0.717, 1.165) is 0 Å². The maximum atomic E-state index is 10.7. The van der Waals surface area contributed by atoms with Gasteiger partial charge in [0.15, 0.2) is 5.78 Å². The maximum absolute atomic E-state index is 10.7. The van der Waals surface area contributed by atoms with Crippen molar-refractivity contribution in [3.8, 4) is 0 Å². The zero-order valence-corrected chi connectivity index (χ0v) is 5.64. The van der Waals surface area contributed by atoms with Gasteiger partial charge in [0, 0.05) is 6.42 Å². The van der Waals surface area contributed by atoms with E-state index in [0.29, 0.717) is 0 Å². The summed E-state index contributed by atoms with van der Waals surface area (Å²) in [6, 6.07) is 0. The lowest BCUT2D eigenvalue weighted by molar-refractivity contribution is -0.307. The minimum atomic E-state index is -0.318. The van der Waals surface area contributed by atoms with E-state index in [1.807, 2.05) is 0 Å². The maximum Gasteiger partial charge on any atom is 0.165 e. The molecule has 10 heavy (non-hydrogen) atoms. The molecule has 0 aromatic carbocycles. The molecule has 1 aliphatic rings. The quantitative estimate of drug-likeness (QED) is 0.427.